The first-order chi connectivity index (χ1) is 8.76. The van der Waals surface area contributed by atoms with E-state index < -0.39 is 0 Å². The molecule has 2 aromatic heterocycles. The maximum atomic E-state index is 12.0. The summed E-state index contributed by atoms with van der Waals surface area (Å²) in [7, 11) is 0. The van der Waals surface area contributed by atoms with E-state index in [4.69, 9.17) is 10.5 Å². The van der Waals surface area contributed by atoms with Crippen LogP contribution in [0.5, 0.6) is 0 Å². The molecule has 0 aliphatic carbocycles. The third-order valence-corrected chi connectivity index (χ3v) is 2.82. The largest absolute Gasteiger partial charge is 0.377 e. The summed E-state index contributed by atoms with van der Waals surface area (Å²) in [5, 5.41) is 4.25. The summed E-state index contributed by atoms with van der Waals surface area (Å²) in [5.41, 5.74) is 6.13. The second kappa shape index (κ2) is 5.79. The van der Waals surface area contributed by atoms with Gasteiger partial charge in [-0.2, -0.15) is 0 Å². The minimum absolute atomic E-state index is 0.0216. The van der Waals surface area contributed by atoms with E-state index in [9.17, 15) is 4.79 Å². The third-order valence-electron chi connectivity index (χ3n) is 2.82. The first-order valence-corrected chi connectivity index (χ1v) is 6.12. The lowest BCUT2D eigenvalue weighted by molar-refractivity contribution is 0.0590. The van der Waals surface area contributed by atoms with Crippen molar-refractivity contribution in [2.75, 3.05) is 13.2 Å². The highest BCUT2D eigenvalue weighted by Gasteiger charge is 2.10. The zero-order chi connectivity index (χ0) is 13.0. The minimum Gasteiger partial charge on any atom is -0.377 e. The molecule has 0 aromatic carbocycles. The lowest BCUT2D eigenvalue weighted by Gasteiger charge is -2.13. The van der Waals surface area contributed by atoms with Crippen LogP contribution >= 0.6 is 0 Å². The van der Waals surface area contributed by atoms with Gasteiger partial charge in [0.2, 0.25) is 0 Å². The molecule has 2 heterocycles. The fourth-order valence-corrected chi connectivity index (χ4v) is 1.88. The van der Waals surface area contributed by atoms with Crippen LogP contribution in [-0.2, 0) is 11.3 Å². The van der Waals surface area contributed by atoms with Crippen LogP contribution in [0, 0.1) is 0 Å². The van der Waals surface area contributed by atoms with Crippen molar-refractivity contribution in [1.82, 2.24) is 14.2 Å². The molecule has 2 N–H and O–H groups in total. The number of rotatable bonds is 6. The summed E-state index contributed by atoms with van der Waals surface area (Å²) >= 11 is 0. The van der Waals surface area contributed by atoms with Gasteiger partial charge < -0.3 is 10.5 Å². The molecule has 98 valence electrons. The zero-order valence-electron chi connectivity index (χ0n) is 10.5. The molecule has 0 saturated carbocycles. The first-order valence-electron chi connectivity index (χ1n) is 6.12. The van der Waals surface area contributed by atoms with Crippen LogP contribution in [0.4, 0.5) is 0 Å². The quantitative estimate of drug-likeness (QED) is 0.797. The lowest BCUT2D eigenvalue weighted by atomic mass is 10.2. The minimum atomic E-state index is -0.127. The Labute approximate surface area is 105 Å². The van der Waals surface area contributed by atoms with Crippen LogP contribution in [0.3, 0.4) is 0 Å². The molecule has 0 saturated heterocycles. The number of fused-ring (bicyclic) bond motifs is 1. The summed E-state index contributed by atoms with van der Waals surface area (Å²) in [6.45, 7) is 3.53. The summed E-state index contributed by atoms with van der Waals surface area (Å²) in [6.07, 6.45) is 2.38. The zero-order valence-corrected chi connectivity index (χ0v) is 10.5. The molecule has 0 aliphatic heterocycles. The van der Waals surface area contributed by atoms with E-state index in [0.29, 0.717) is 31.8 Å². The number of nitrogens with zero attached hydrogens (tertiary/aromatic N) is 3. The van der Waals surface area contributed by atoms with E-state index >= 15 is 0 Å². The fourth-order valence-electron chi connectivity index (χ4n) is 1.88. The Hall–Kier alpha value is -1.66. The van der Waals surface area contributed by atoms with Gasteiger partial charge in [0.1, 0.15) is 0 Å². The van der Waals surface area contributed by atoms with Crippen molar-refractivity contribution in [3.05, 3.63) is 34.9 Å². The van der Waals surface area contributed by atoms with Crippen LogP contribution in [0.2, 0.25) is 0 Å². The van der Waals surface area contributed by atoms with E-state index in [0.717, 1.165) is 0 Å². The van der Waals surface area contributed by atoms with Crippen molar-refractivity contribution in [3.8, 4) is 0 Å². The van der Waals surface area contributed by atoms with Crippen molar-refractivity contribution in [2.45, 2.75) is 26.0 Å². The highest BCUT2D eigenvalue weighted by Crippen LogP contribution is 2.00. The molecule has 0 aliphatic rings. The van der Waals surface area contributed by atoms with Gasteiger partial charge >= 0.3 is 5.69 Å². The maximum absolute atomic E-state index is 12.0. The van der Waals surface area contributed by atoms with Crippen LogP contribution in [0.25, 0.3) is 5.65 Å². The topological polar surface area (TPSA) is 74.6 Å². The molecule has 6 heteroatoms. The molecule has 1 atom stereocenters. The van der Waals surface area contributed by atoms with Crippen molar-refractivity contribution < 1.29 is 4.74 Å². The number of aryl methyl sites for hydroxylation is 1. The summed E-state index contributed by atoms with van der Waals surface area (Å²) < 4.78 is 8.43. The third kappa shape index (κ3) is 2.60. The standard InChI is InChI=1S/C12H18N4O2/c1-2-18-10(9-13)6-8-16-12(17)15-7-4-3-5-11(15)14-16/h3-5,7,10H,2,6,8-9,13H2,1H3. The van der Waals surface area contributed by atoms with E-state index in [2.05, 4.69) is 5.10 Å². The van der Waals surface area contributed by atoms with Crippen molar-refractivity contribution in [1.29, 1.82) is 0 Å². The van der Waals surface area contributed by atoms with Gasteiger partial charge in [0.05, 0.1) is 6.10 Å². The van der Waals surface area contributed by atoms with Gasteiger partial charge in [-0.1, -0.05) is 6.07 Å². The SMILES string of the molecule is CCOC(CN)CCn1nc2ccccn2c1=O. The molecule has 18 heavy (non-hydrogen) atoms. The Kier molecular flexibility index (Phi) is 4.11. The van der Waals surface area contributed by atoms with Gasteiger partial charge in [0.25, 0.3) is 0 Å². The second-order valence-corrected chi connectivity index (χ2v) is 4.04. The molecule has 0 radical (unpaired) electrons. The van der Waals surface area contributed by atoms with E-state index in [1.807, 2.05) is 19.1 Å². The number of hydrogen-bond acceptors (Lipinski definition) is 4. The van der Waals surface area contributed by atoms with Gasteiger partial charge in [0.15, 0.2) is 5.65 Å². The van der Waals surface area contributed by atoms with Gasteiger partial charge in [-0.3, -0.25) is 4.40 Å². The molecule has 6 nitrogen and oxygen atoms in total. The molecule has 1 unspecified atom stereocenters. The summed E-state index contributed by atoms with van der Waals surface area (Å²) in [4.78, 5) is 12.0. The summed E-state index contributed by atoms with van der Waals surface area (Å²) in [6, 6.07) is 5.47. The molecule has 0 amide bonds. The van der Waals surface area contributed by atoms with Crippen molar-refractivity contribution in [3.63, 3.8) is 0 Å². The highest BCUT2D eigenvalue weighted by molar-refractivity contribution is 5.35. The Morgan fingerprint density at radius 1 is 1.50 bits per heavy atom. The number of aromatic nitrogens is 3. The van der Waals surface area contributed by atoms with Crippen LogP contribution < -0.4 is 11.4 Å². The Bertz CT molecular complexity index is 560. The Balaban J connectivity index is 2.12. The average molecular weight is 250 g/mol. The number of nitrogens with two attached hydrogens (primary N) is 1. The molecule has 0 bridgehead atoms. The van der Waals surface area contributed by atoms with E-state index in [1.165, 1.54) is 9.08 Å². The molecule has 0 fully saturated rings. The maximum Gasteiger partial charge on any atom is 0.350 e. The van der Waals surface area contributed by atoms with Crippen molar-refractivity contribution in [2.24, 2.45) is 5.73 Å². The number of ether oxygens (including phenoxy) is 1. The lowest BCUT2D eigenvalue weighted by Crippen LogP contribution is -2.28. The highest BCUT2D eigenvalue weighted by atomic mass is 16.5. The predicted octanol–water partition coefficient (Wildman–Crippen LogP) is 0.250. The van der Waals surface area contributed by atoms with E-state index in [1.54, 1.807) is 12.3 Å². The van der Waals surface area contributed by atoms with Gasteiger partial charge in [-0.05, 0) is 25.5 Å². The van der Waals surface area contributed by atoms with Crippen LogP contribution in [0.15, 0.2) is 29.2 Å². The smallest absolute Gasteiger partial charge is 0.350 e. The van der Waals surface area contributed by atoms with Crippen LogP contribution in [-0.4, -0.2) is 33.4 Å². The first kappa shape index (κ1) is 12.8. The molecule has 2 aromatic rings. The number of hydrogen-bond donors (Lipinski definition) is 1. The predicted molar refractivity (Wildman–Crippen MR) is 68.5 cm³/mol. The number of pyridine rings is 1. The van der Waals surface area contributed by atoms with E-state index in [-0.39, 0.29) is 11.8 Å². The average Bonchev–Trinajstić information content (AvgIpc) is 2.72. The Morgan fingerprint density at radius 2 is 2.33 bits per heavy atom. The normalized spacial score (nSPS) is 13.0. The van der Waals surface area contributed by atoms with Gasteiger partial charge in [-0.25, -0.2) is 9.48 Å². The summed E-state index contributed by atoms with van der Waals surface area (Å²) in [5.74, 6) is 0. The van der Waals surface area contributed by atoms with Crippen LogP contribution in [0.1, 0.15) is 13.3 Å². The second-order valence-electron chi connectivity index (χ2n) is 4.04. The van der Waals surface area contributed by atoms with Crippen molar-refractivity contribution >= 4 is 5.65 Å². The monoisotopic (exact) mass is 250 g/mol. The van der Waals surface area contributed by atoms with Gasteiger partial charge in [0, 0.05) is 25.9 Å². The fraction of sp³-hybridized carbons (Fsp3) is 0.500. The molecular formula is C12H18N4O2. The molecule has 2 rings (SSSR count). The Morgan fingerprint density at radius 3 is 3.00 bits per heavy atom. The molecular weight excluding hydrogens is 232 g/mol. The van der Waals surface area contributed by atoms with Gasteiger partial charge in [-0.15, -0.1) is 5.10 Å². The molecule has 0 spiro atoms.